The summed E-state index contributed by atoms with van der Waals surface area (Å²) in [5.41, 5.74) is 1.63. The summed E-state index contributed by atoms with van der Waals surface area (Å²) in [6, 6.07) is 2.05. The third-order valence-corrected chi connectivity index (χ3v) is 5.11. The molecular weight excluding hydrogens is 290 g/mol. The number of aryl methyl sites for hydroxylation is 2. The Kier molecular flexibility index (Phi) is 5.62. The van der Waals surface area contributed by atoms with Crippen molar-refractivity contribution < 1.29 is 9.84 Å². The summed E-state index contributed by atoms with van der Waals surface area (Å²) >= 11 is 0. The average Bonchev–Trinajstić information content (AvgIpc) is 2.54. The van der Waals surface area contributed by atoms with Crippen molar-refractivity contribution in [1.29, 1.82) is 0 Å². The smallest absolute Gasteiger partial charge is 0.115 e. The predicted octanol–water partition coefficient (Wildman–Crippen LogP) is 2.11. The molecule has 1 N–H and O–H groups in total. The van der Waals surface area contributed by atoms with Gasteiger partial charge in [0.25, 0.3) is 0 Å². The van der Waals surface area contributed by atoms with E-state index >= 15 is 0 Å². The second-order valence-corrected chi connectivity index (χ2v) is 7.20. The Bertz CT molecular complexity index is 503. The van der Waals surface area contributed by atoms with Gasteiger partial charge in [-0.15, -0.1) is 0 Å². The summed E-state index contributed by atoms with van der Waals surface area (Å²) in [5, 5.41) is 10.7. The van der Waals surface area contributed by atoms with E-state index in [0.29, 0.717) is 0 Å². The minimum Gasteiger partial charge on any atom is -0.389 e. The highest BCUT2D eigenvalue weighted by Crippen LogP contribution is 2.29. The van der Waals surface area contributed by atoms with Crippen molar-refractivity contribution in [3.63, 3.8) is 0 Å². The maximum Gasteiger partial charge on any atom is 0.115 e. The molecule has 1 aliphatic carbocycles. The van der Waals surface area contributed by atoms with Gasteiger partial charge in [0.2, 0.25) is 0 Å². The lowest BCUT2D eigenvalue weighted by molar-refractivity contribution is -0.0769. The molecule has 3 rings (SSSR count). The molecule has 2 heterocycles. The second kappa shape index (κ2) is 7.69. The first-order valence-corrected chi connectivity index (χ1v) is 8.97. The fraction of sp³-hybridized carbons (Fsp3) is 0.778. The summed E-state index contributed by atoms with van der Waals surface area (Å²) in [6.45, 7) is 5.43. The molecule has 23 heavy (non-hydrogen) atoms. The molecule has 5 nitrogen and oxygen atoms in total. The van der Waals surface area contributed by atoms with E-state index in [9.17, 15) is 5.11 Å². The molecule has 0 bridgehead atoms. The van der Waals surface area contributed by atoms with E-state index < -0.39 is 5.60 Å². The number of hydrogen-bond donors (Lipinski definition) is 1. The van der Waals surface area contributed by atoms with E-state index in [1.54, 1.807) is 6.33 Å². The molecule has 0 aromatic carbocycles. The molecule has 128 valence electrons. The van der Waals surface area contributed by atoms with Crippen LogP contribution in [0.25, 0.3) is 0 Å². The van der Waals surface area contributed by atoms with Crippen LogP contribution in [0.2, 0.25) is 0 Å². The quantitative estimate of drug-likeness (QED) is 0.901. The van der Waals surface area contributed by atoms with Gasteiger partial charge in [0, 0.05) is 31.0 Å². The zero-order valence-electron chi connectivity index (χ0n) is 14.2. The minimum atomic E-state index is -0.468. The lowest BCUT2D eigenvalue weighted by Crippen LogP contribution is -2.50. The first kappa shape index (κ1) is 16.8. The van der Waals surface area contributed by atoms with Crippen LogP contribution in [-0.2, 0) is 11.2 Å². The molecule has 1 aromatic rings. The Morgan fingerprint density at radius 2 is 2.13 bits per heavy atom. The number of nitrogens with zero attached hydrogens (tertiary/aromatic N) is 3. The molecule has 0 amide bonds. The number of aliphatic hydroxyl groups is 1. The molecule has 1 aromatic heterocycles. The number of rotatable bonds is 5. The highest BCUT2D eigenvalue weighted by molar-refractivity contribution is 5.06. The van der Waals surface area contributed by atoms with Gasteiger partial charge in [-0.25, -0.2) is 9.97 Å². The third kappa shape index (κ3) is 4.96. The maximum absolute atomic E-state index is 10.7. The lowest BCUT2D eigenvalue weighted by Gasteiger charge is -2.40. The molecule has 2 aliphatic rings. The van der Waals surface area contributed by atoms with Gasteiger partial charge in [-0.3, -0.25) is 4.90 Å². The van der Waals surface area contributed by atoms with Crippen LogP contribution < -0.4 is 0 Å². The van der Waals surface area contributed by atoms with Gasteiger partial charge in [0.15, 0.2) is 0 Å². The van der Waals surface area contributed by atoms with E-state index in [-0.39, 0.29) is 6.10 Å². The maximum atomic E-state index is 10.7. The van der Waals surface area contributed by atoms with E-state index in [2.05, 4.69) is 14.9 Å². The first-order chi connectivity index (χ1) is 11.1. The number of aromatic nitrogens is 2. The van der Waals surface area contributed by atoms with Gasteiger partial charge < -0.3 is 9.84 Å². The van der Waals surface area contributed by atoms with Crippen LogP contribution in [0.4, 0.5) is 0 Å². The zero-order chi connectivity index (χ0) is 16.1. The monoisotopic (exact) mass is 319 g/mol. The molecule has 0 radical (unpaired) electrons. The van der Waals surface area contributed by atoms with Gasteiger partial charge in [0.05, 0.1) is 18.3 Å². The van der Waals surface area contributed by atoms with E-state index in [1.165, 1.54) is 6.42 Å². The summed E-state index contributed by atoms with van der Waals surface area (Å²) in [5.74, 6) is 0. The Labute approximate surface area is 139 Å². The van der Waals surface area contributed by atoms with Crippen molar-refractivity contribution >= 4 is 0 Å². The van der Waals surface area contributed by atoms with Crippen molar-refractivity contribution in [2.24, 2.45) is 0 Å². The van der Waals surface area contributed by atoms with Crippen LogP contribution in [0.5, 0.6) is 0 Å². The van der Waals surface area contributed by atoms with Crippen LogP contribution in [0.15, 0.2) is 12.4 Å². The molecule has 1 saturated heterocycles. The van der Waals surface area contributed by atoms with Gasteiger partial charge in [0.1, 0.15) is 6.33 Å². The van der Waals surface area contributed by atoms with Crippen molar-refractivity contribution in [3.8, 4) is 0 Å². The highest BCUT2D eigenvalue weighted by Gasteiger charge is 2.33. The Morgan fingerprint density at radius 3 is 2.91 bits per heavy atom. The van der Waals surface area contributed by atoms with Gasteiger partial charge >= 0.3 is 0 Å². The van der Waals surface area contributed by atoms with Crippen LogP contribution in [-0.4, -0.2) is 57.9 Å². The number of β-amino-alcohol motifs (C(OH)–C–C–N with tert-alkyl or cyclic N) is 1. The molecule has 0 unspecified atom stereocenters. The minimum absolute atomic E-state index is 0.242. The third-order valence-electron chi connectivity index (χ3n) is 5.11. The van der Waals surface area contributed by atoms with Gasteiger partial charge in [-0.05, 0) is 38.7 Å². The van der Waals surface area contributed by atoms with Crippen LogP contribution in [0.3, 0.4) is 0 Å². The normalized spacial score (nSPS) is 25.4. The van der Waals surface area contributed by atoms with Gasteiger partial charge in [-0.2, -0.15) is 0 Å². The summed E-state index contributed by atoms with van der Waals surface area (Å²) in [6.07, 6.45) is 9.28. The molecule has 1 aliphatic heterocycles. The topological polar surface area (TPSA) is 58.5 Å². The Balaban J connectivity index is 1.48. The summed E-state index contributed by atoms with van der Waals surface area (Å²) in [7, 11) is 0. The summed E-state index contributed by atoms with van der Waals surface area (Å²) < 4.78 is 5.92. The first-order valence-electron chi connectivity index (χ1n) is 8.97. The molecule has 2 fully saturated rings. The van der Waals surface area contributed by atoms with Crippen LogP contribution in [0.1, 0.15) is 49.9 Å². The highest BCUT2D eigenvalue weighted by atomic mass is 16.5. The number of morpholine rings is 1. The van der Waals surface area contributed by atoms with E-state index in [4.69, 9.17) is 4.74 Å². The SMILES string of the molecule is Cc1cc(CC[C@H]2CN(CC3(O)CCCCC3)CCO2)ncn1. The molecule has 0 spiro atoms. The lowest BCUT2D eigenvalue weighted by atomic mass is 9.84. The molecule has 5 heteroatoms. The zero-order valence-corrected chi connectivity index (χ0v) is 14.2. The standard InChI is InChI=1S/C18H29N3O2/c1-15-11-16(20-14-19-15)5-6-17-12-21(9-10-23-17)13-18(22)7-3-2-4-8-18/h11,14,17,22H,2-10,12-13H2,1H3/t17-/m0/s1. The fourth-order valence-electron chi connectivity index (χ4n) is 3.84. The largest absolute Gasteiger partial charge is 0.389 e. The fourth-order valence-corrected chi connectivity index (χ4v) is 3.84. The average molecular weight is 319 g/mol. The number of ether oxygens (including phenoxy) is 1. The van der Waals surface area contributed by atoms with Crippen LogP contribution >= 0.6 is 0 Å². The predicted molar refractivity (Wildman–Crippen MR) is 89.3 cm³/mol. The van der Waals surface area contributed by atoms with Gasteiger partial charge in [-0.1, -0.05) is 19.3 Å². The summed E-state index contributed by atoms with van der Waals surface area (Å²) in [4.78, 5) is 10.9. The van der Waals surface area contributed by atoms with Crippen molar-refractivity contribution in [2.75, 3.05) is 26.2 Å². The van der Waals surface area contributed by atoms with Crippen molar-refractivity contribution in [3.05, 3.63) is 23.8 Å². The Morgan fingerprint density at radius 1 is 1.30 bits per heavy atom. The number of hydrogen-bond acceptors (Lipinski definition) is 5. The van der Waals surface area contributed by atoms with Crippen molar-refractivity contribution in [1.82, 2.24) is 14.9 Å². The molecular formula is C18H29N3O2. The molecule has 1 saturated carbocycles. The Hall–Kier alpha value is -1.04. The van der Waals surface area contributed by atoms with Crippen LogP contribution in [0, 0.1) is 6.92 Å². The van der Waals surface area contributed by atoms with E-state index in [0.717, 1.165) is 76.2 Å². The van der Waals surface area contributed by atoms with Crippen molar-refractivity contribution in [2.45, 2.75) is 63.6 Å². The molecule has 1 atom stereocenters. The van der Waals surface area contributed by atoms with E-state index in [1.807, 2.05) is 13.0 Å². The second-order valence-electron chi connectivity index (χ2n) is 7.20.